The van der Waals surface area contributed by atoms with Crippen molar-refractivity contribution in [2.75, 3.05) is 6.26 Å². The van der Waals surface area contributed by atoms with Gasteiger partial charge in [-0.1, -0.05) is 30.3 Å². The molecule has 0 aliphatic carbocycles. The van der Waals surface area contributed by atoms with E-state index in [1.807, 2.05) is 54.6 Å². The van der Waals surface area contributed by atoms with Crippen LogP contribution in [0.15, 0.2) is 66.0 Å². The van der Waals surface area contributed by atoms with Crippen molar-refractivity contribution in [3.8, 4) is 17.0 Å². The van der Waals surface area contributed by atoms with Crippen LogP contribution in [-0.2, 0) is 17.4 Å². The second-order valence-corrected chi connectivity index (χ2v) is 6.15. The maximum absolute atomic E-state index is 11.3. The van der Waals surface area contributed by atoms with Gasteiger partial charge in [0.25, 0.3) is 0 Å². The van der Waals surface area contributed by atoms with E-state index >= 15 is 0 Å². The highest BCUT2D eigenvalue weighted by Gasteiger charge is 2.05. The van der Waals surface area contributed by atoms with Crippen molar-refractivity contribution in [3.63, 3.8) is 0 Å². The molecular formula is C17H15N3O2S. The zero-order valence-electron chi connectivity index (χ0n) is 12.5. The molecule has 1 heterocycles. The molecule has 0 spiro atoms. The topological polar surface area (TPSA) is 65.0 Å². The minimum absolute atomic E-state index is 0.233. The van der Waals surface area contributed by atoms with E-state index in [0.29, 0.717) is 12.3 Å². The summed E-state index contributed by atoms with van der Waals surface area (Å²) in [7, 11) is -1.22. The lowest BCUT2D eigenvalue weighted by molar-refractivity contribution is 0.306. The predicted molar refractivity (Wildman–Crippen MR) is 88.4 cm³/mol. The number of benzene rings is 2. The van der Waals surface area contributed by atoms with E-state index in [0.717, 1.165) is 16.9 Å². The van der Waals surface area contributed by atoms with Crippen molar-refractivity contribution in [1.82, 2.24) is 15.2 Å². The summed E-state index contributed by atoms with van der Waals surface area (Å²) >= 11 is 0. The second-order valence-electron chi connectivity index (χ2n) is 4.88. The maximum atomic E-state index is 11.3. The van der Waals surface area contributed by atoms with Gasteiger partial charge in [0.15, 0.2) is 0 Å². The Balaban J connectivity index is 1.68. The van der Waals surface area contributed by atoms with E-state index < -0.39 is 10.8 Å². The van der Waals surface area contributed by atoms with E-state index in [4.69, 9.17) is 4.74 Å². The zero-order chi connectivity index (χ0) is 16.1. The van der Waals surface area contributed by atoms with Crippen LogP contribution in [-0.4, -0.2) is 25.6 Å². The number of rotatable bonds is 5. The highest BCUT2D eigenvalue weighted by Crippen LogP contribution is 2.20. The average molecular weight is 325 g/mol. The summed E-state index contributed by atoms with van der Waals surface area (Å²) in [5.41, 5.74) is 2.63. The van der Waals surface area contributed by atoms with Gasteiger partial charge in [-0.15, -0.1) is 10.2 Å². The molecule has 2 aromatic carbocycles. The fourth-order valence-corrected chi connectivity index (χ4v) is 2.35. The zero-order valence-corrected chi connectivity index (χ0v) is 13.4. The smallest absolute Gasteiger partial charge is 0.239 e. The Bertz CT molecular complexity index is 790. The molecule has 23 heavy (non-hydrogen) atoms. The predicted octanol–water partition coefficient (Wildman–Crippen LogP) is 2.86. The van der Waals surface area contributed by atoms with Gasteiger partial charge in [0.05, 0.1) is 17.0 Å². The summed E-state index contributed by atoms with van der Waals surface area (Å²) in [6.07, 6.45) is 3.10. The molecule has 0 aliphatic heterocycles. The van der Waals surface area contributed by atoms with Gasteiger partial charge in [-0.25, -0.2) is 4.98 Å². The van der Waals surface area contributed by atoms with E-state index in [2.05, 4.69) is 15.2 Å². The van der Waals surface area contributed by atoms with Crippen LogP contribution in [0.25, 0.3) is 11.3 Å². The van der Waals surface area contributed by atoms with Crippen molar-refractivity contribution in [3.05, 3.63) is 66.4 Å². The summed E-state index contributed by atoms with van der Waals surface area (Å²) < 4.78 is 17.0. The summed E-state index contributed by atoms with van der Waals surface area (Å²) in [5.74, 6) is 0.782. The SMILES string of the molecule is CS(=O)c1ncc(-c2ccc(OCc3ccccc3)cc2)nn1. The molecule has 0 saturated heterocycles. The monoisotopic (exact) mass is 325 g/mol. The lowest BCUT2D eigenvalue weighted by Gasteiger charge is -2.07. The first-order valence-electron chi connectivity index (χ1n) is 7.03. The summed E-state index contributed by atoms with van der Waals surface area (Å²) in [4.78, 5) is 4.05. The fourth-order valence-electron chi connectivity index (χ4n) is 1.99. The Labute approximate surface area is 136 Å². The Hall–Kier alpha value is -2.60. The molecule has 0 radical (unpaired) electrons. The molecular weight excluding hydrogens is 310 g/mol. The number of ether oxygens (including phenoxy) is 1. The normalized spacial score (nSPS) is 11.9. The second kappa shape index (κ2) is 7.11. The lowest BCUT2D eigenvalue weighted by atomic mass is 10.1. The van der Waals surface area contributed by atoms with Gasteiger partial charge in [-0.2, -0.15) is 0 Å². The molecule has 0 fully saturated rings. The third-order valence-corrected chi connectivity index (χ3v) is 3.90. The quantitative estimate of drug-likeness (QED) is 0.722. The molecule has 1 aromatic heterocycles. The molecule has 1 atom stereocenters. The van der Waals surface area contributed by atoms with Crippen LogP contribution < -0.4 is 4.74 Å². The van der Waals surface area contributed by atoms with Crippen LogP contribution in [0.3, 0.4) is 0 Å². The molecule has 1 unspecified atom stereocenters. The Morgan fingerprint density at radius 3 is 2.35 bits per heavy atom. The Kier molecular flexibility index (Phi) is 4.73. The minimum atomic E-state index is -1.22. The summed E-state index contributed by atoms with van der Waals surface area (Å²) in [5, 5.41) is 8.14. The summed E-state index contributed by atoms with van der Waals surface area (Å²) in [6, 6.07) is 17.6. The van der Waals surface area contributed by atoms with Crippen molar-refractivity contribution in [2.45, 2.75) is 11.8 Å². The first-order chi connectivity index (χ1) is 11.2. The molecule has 0 bridgehead atoms. The average Bonchev–Trinajstić information content (AvgIpc) is 2.61. The molecule has 5 nitrogen and oxygen atoms in total. The Morgan fingerprint density at radius 2 is 1.74 bits per heavy atom. The number of nitrogens with zero attached hydrogens (tertiary/aromatic N) is 3. The van der Waals surface area contributed by atoms with Crippen LogP contribution in [0.2, 0.25) is 0 Å². The van der Waals surface area contributed by atoms with Crippen molar-refractivity contribution >= 4 is 10.8 Å². The first-order valence-corrected chi connectivity index (χ1v) is 8.58. The lowest BCUT2D eigenvalue weighted by Crippen LogP contribution is -2.00. The highest BCUT2D eigenvalue weighted by atomic mass is 32.2. The van der Waals surface area contributed by atoms with E-state index in [1.54, 1.807) is 6.20 Å². The third-order valence-electron chi connectivity index (χ3n) is 3.20. The number of aromatic nitrogens is 3. The van der Waals surface area contributed by atoms with Crippen molar-refractivity contribution in [1.29, 1.82) is 0 Å². The van der Waals surface area contributed by atoms with Crippen LogP contribution in [0.5, 0.6) is 5.75 Å². The van der Waals surface area contributed by atoms with Gasteiger partial charge < -0.3 is 4.74 Å². The van der Waals surface area contributed by atoms with Gasteiger partial charge in [0, 0.05) is 11.8 Å². The largest absolute Gasteiger partial charge is 0.489 e. The van der Waals surface area contributed by atoms with Crippen molar-refractivity contribution < 1.29 is 8.95 Å². The molecule has 0 N–H and O–H groups in total. The maximum Gasteiger partial charge on any atom is 0.239 e. The van der Waals surface area contributed by atoms with Gasteiger partial charge >= 0.3 is 0 Å². The number of hydrogen-bond acceptors (Lipinski definition) is 5. The van der Waals surface area contributed by atoms with Crippen LogP contribution in [0.1, 0.15) is 5.56 Å². The van der Waals surface area contributed by atoms with Gasteiger partial charge in [0.2, 0.25) is 5.16 Å². The van der Waals surface area contributed by atoms with Gasteiger partial charge in [-0.3, -0.25) is 4.21 Å². The molecule has 3 aromatic rings. The van der Waals surface area contributed by atoms with Crippen molar-refractivity contribution in [2.24, 2.45) is 0 Å². The van der Waals surface area contributed by atoms with E-state index in [9.17, 15) is 4.21 Å². The van der Waals surface area contributed by atoms with E-state index in [-0.39, 0.29) is 5.16 Å². The molecule has 0 aliphatic rings. The fraction of sp³-hybridized carbons (Fsp3) is 0.118. The molecule has 116 valence electrons. The van der Waals surface area contributed by atoms with Gasteiger partial charge in [0.1, 0.15) is 18.1 Å². The highest BCUT2D eigenvalue weighted by molar-refractivity contribution is 7.84. The standard InChI is InChI=1S/C17H15N3O2S/c1-23(21)17-18-11-16(19-20-17)14-7-9-15(10-8-14)22-12-13-5-3-2-4-6-13/h2-11H,12H2,1H3. The third kappa shape index (κ3) is 3.98. The molecule has 0 saturated carbocycles. The van der Waals surface area contributed by atoms with E-state index in [1.165, 1.54) is 6.26 Å². The first kappa shape index (κ1) is 15.3. The van der Waals surface area contributed by atoms with Gasteiger partial charge in [-0.05, 0) is 29.8 Å². The number of hydrogen-bond donors (Lipinski definition) is 0. The van der Waals surface area contributed by atoms with Crippen LogP contribution in [0.4, 0.5) is 0 Å². The minimum Gasteiger partial charge on any atom is -0.489 e. The molecule has 3 rings (SSSR count). The Morgan fingerprint density at radius 1 is 1.00 bits per heavy atom. The molecule has 0 amide bonds. The molecule has 6 heteroatoms. The van der Waals surface area contributed by atoms with Crippen LogP contribution >= 0.6 is 0 Å². The van der Waals surface area contributed by atoms with Crippen LogP contribution in [0, 0.1) is 0 Å². The summed E-state index contributed by atoms with van der Waals surface area (Å²) in [6.45, 7) is 0.526.